The summed E-state index contributed by atoms with van der Waals surface area (Å²) in [5, 5.41) is 2.95. The van der Waals surface area contributed by atoms with Gasteiger partial charge in [0.15, 0.2) is 0 Å². The molecule has 0 aliphatic rings. The van der Waals surface area contributed by atoms with Gasteiger partial charge in [0, 0.05) is 46.6 Å². The van der Waals surface area contributed by atoms with Gasteiger partial charge in [0.2, 0.25) is 11.3 Å². The van der Waals surface area contributed by atoms with Crippen molar-refractivity contribution in [2.45, 2.75) is 57.5 Å². The number of hydrogen-bond acceptors (Lipinski definition) is 5. The third-order valence-corrected chi connectivity index (χ3v) is 10.6. The molecule has 2 aromatic heterocycles. The molecule has 46 heavy (non-hydrogen) atoms. The van der Waals surface area contributed by atoms with Crippen LogP contribution in [-0.2, 0) is 35.2 Å². The number of carbonyl (C=O) groups excluding carboxylic acids is 1. The van der Waals surface area contributed by atoms with E-state index in [0.29, 0.717) is 29.0 Å². The smallest absolute Gasteiger partial charge is 0.226 e. The molecule has 6 nitrogen and oxygen atoms in total. The van der Waals surface area contributed by atoms with Crippen LogP contribution in [-0.4, -0.2) is 31.9 Å². The number of anilines is 1. The zero-order valence-electron chi connectivity index (χ0n) is 26.5. The van der Waals surface area contributed by atoms with E-state index >= 15 is 0 Å². The Morgan fingerprint density at radius 1 is 0.913 bits per heavy atom. The number of nitrogens with zero attached hydrogens (tertiary/aromatic N) is 2. The quantitative estimate of drug-likeness (QED) is 0.157. The fourth-order valence-electron chi connectivity index (χ4n) is 5.24. The van der Waals surface area contributed by atoms with Gasteiger partial charge in [0.05, 0.1) is 22.7 Å². The largest absolute Gasteiger partial charge is 0.333 e. The molecule has 1 unspecified atom stereocenters. The van der Waals surface area contributed by atoms with Crippen molar-refractivity contribution >= 4 is 43.9 Å². The first kappa shape index (κ1) is 33.4. The number of rotatable bonds is 11. The molecule has 3 aromatic carbocycles. The van der Waals surface area contributed by atoms with E-state index in [1.54, 1.807) is 18.4 Å². The number of pyridine rings is 1. The maximum Gasteiger partial charge on any atom is 0.226 e. The van der Waals surface area contributed by atoms with E-state index in [2.05, 4.69) is 10.2 Å². The van der Waals surface area contributed by atoms with Crippen molar-refractivity contribution in [2.75, 3.05) is 12.4 Å². The summed E-state index contributed by atoms with van der Waals surface area (Å²) >= 11 is 1.36. The van der Waals surface area contributed by atoms with Crippen molar-refractivity contribution in [1.29, 1.82) is 0 Å². The summed E-state index contributed by atoms with van der Waals surface area (Å²) < 4.78 is 44.9. The highest BCUT2D eigenvalue weighted by Gasteiger charge is 2.25. The van der Waals surface area contributed by atoms with E-state index in [-0.39, 0.29) is 39.5 Å². The number of carbonyl (C=O) groups is 1. The second kappa shape index (κ2) is 14.2. The highest BCUT2D eigenvalue weighted by molar-refractivity contribution is 7.85. The van der Waals surface area contributed by atoms with Crippen molar-refractivity contribution in [2.24, 2.45) is 5.92 Å². The molecule has 5 rings (SSSR count). The number of benzene rings is 3. The molecule has 5 aromatic rings. The molecule has 0 bridgehead atoms. The topological polar surface area (TPSA) is 71.4 Å². The molecule has 0 spiro atoms. The van der Waals surface area contributed by atoms with Gasteiger partial charge in [-0.05, 0) is 48.0 Å². The highest BCUT2D eigenvalue weighted by atomic mass is 32.2. The van der Waals surface area contributed by atoms with Gasteiger partial charge >= 0.3 is 0 Å². The van der Waals surface area contributed by atoms with Crippen molar-refractivity contribution in [1.82, 2.24) is 9.47 Å². The van der Waals surface area contributed by atoms with Crippen LogP contribution in [0.3, 0.4) is 0 Å². The normalized spacial score (nSPS) is 12.4. The number of aromatic nitrogens is 1. The molecule has 1 atom stereocenters. The van der Waals surface area contributed by atoms with Crippen molar-refractivity contribution < 1.29 is 17.8 Å². The number of amides is 1. The molecule has 1 amide bonds. The van der Waals surface area contributed by atoms with Crippen LogP contribution < -0.4 is 10.7 Å². The Morgan fingerprint density at radius 2 is 1.57 bits per heavy atom. The third-order valence-electron chi connectivity index (χ3n) is 7.67. The first-order valence-corrected chi connectivity index (χ1v) is 17.1. The third kappa shape index (κ3) is 7.19. The number of hydrogen-bond donors (Lipinski definition) is 1. The molecular formula is C36H37F2N3O3S2. The lowest BCUT2D eigenvalue weighted by Gasteiger charge is -2.18. The molecular weight excluding hydrogens is 625 g/mol. The van der Waals surface area contributed by atoms with Crippen LogP contribution in [0.4, 0.5) is 14.5 Å². The Morgan fingerprint density at radius 3 is 2.17 bits per heavy atom. The molecule has 10 heteroatoms. The summed E-state index contributed by atoms with van der Waals surface area (Å²) in [5.74, 6) is -1.67. The van der Waals surface area contributed by atoms with Gasteiger partial charge in [-0.25, -0.2) is 8.78 Å². The predicted molar refractivity (Wildman–Crippen MR) is 184 cm³/mol. The summed E-state index contributed by atoms with van der Waals surface area (Å²) in [7, 11) is 0.314. The molecule has 240 valence electrons. The van der Waals surface area contributed by atoms with E-state index in [4.69, 9.17) is 0 Å². The molecule has 0 radical (unpaired) electrons. The molecule has 2 heterocycles. The van der Waals surface area contributed by atoms with Crippen molar-refractivity contribution in [3.05, 3.63) is 118 Å². The number of thiophene rings is 1. The van der Waals surface area contributed by atoms with Crippen LogP contribution in [0.5, 0.6) is 0 Å². The second-order valence-electron chi connectivity index (χ2n) is 12.0. The van der Waals surface area contributed by atoms with Gasteiger partial charge in [-0.15, -0.1) is 11.3 Å². The minimum atomic E-state index is -1.65. The Bertz CT molecular complexity index is 1930. The van der Waals surface area contributed by atoms with Gasteiger partial charge < -0.3 is 9.88 Å². The summed E-state index contributed by atoms with van der Waals surface area (Å²) in [4.78, 5) is 30.1. The van der Waals surface area contributed by atoms with Gasteiger partial charge in [0.1, 0.15) is 21.4 Å². The SMILES string of the molecule is CC(C)C(=O)Nc1ccc(-c2sc3c(c2CN(C)Cc2ccccc2)c(=O)c(S(=O)C(C)C)cn3Cc2c(F)cccc2F)cc1. The van der Waals surface area contributed by atoms with Crippen molar-refractivity contribution in [3.8, 4) is 10.4 Å². The lowest BCUT2D eigenvalue weighted by atomic mass is 10.0. The second-order valence-corrected chi connectivity index (χ2v) is 14.9. The molecule has 0 aliphatic carbocycles. The molecule has 0 fully saturated rings. The summed E-state index contributed by atoms with van der Waals surface area (Å²) in [6.07, 6.45) is 1.49. The average Bonchev–Trinajstić information content (AvgIpc) is 3.40. The van der Waals surface area contributed by atoms with Crippen LogP contribution in [0.2, 0.25) is 0 Å². The van der Waals surface area contributed by atoms with Crippen LogP contribution in [0.1, 0.15) is 44.4 Å². The molecule has 1 N–H and O–H groups in total. The van der Waals surface area contributed by atoms with Gasteiger partial charge in [-0.1, -0.05) is 76.2 Å². The van der Waals surface area contributed by atoms with E-state index < -0.39 is 22.4 Å². The monoisotopic (exact) mass is 661 g/mol. The Balaban J connectivity index is 1.72. The first-order chi connectivity index (χ1) is 21.9. The van der Waals surface area contributed by atoms with E-state index in [1.165, 1.54) is 35.7 Å². The molecule has 0 saturated carbocycles. The summed E-state index contributed by atoms with van der Waals surface area (Å²) in [6, 6.07) is 21.1. The van der Waals surface area contributed by atoms with Crippen LogP contribution in [0.25, 0.3) is 20.7 Å². The van der Waals surface area contributed by atoms with Gasteiger partial charge in [-0.2, -0.15) is 0 Å². The van der Waals surface area contributed by atoms with Crippen LogP contribution in [0.15, 0.2) is 88.7 Å². The average molecular weight is 662 g/mol. The first-order valence-electron chi connectivity index (χ1n) is 15.1. The highest BCUT2D eigenvalue weighted by Crippen LogP contribution is 2.39. The Hall–Kier alpha value is -3.99. The lowest BCUT2D eigenvalue weighted by Crippen LogP contribution is -2.22. The number of fused-ring (bicyclic) bond motifs is 1. The zero-order valence-corrected chi connectivity index (χ0v) is 28.1. The summed E-state index contributed by atoms with van der Waals surface area (Å²) in [5.41, 5.74) is 2.82. The predicted octanol–water partition coefficient (Wildman–Crippen LogP) is 7.80. The minimum absolute atomic E-state index is 0.0964. The Labute approximate surface area is 274 Å². The molecule has 0 aliphatic heterocycles. The van der Waals surface area contributed by atoms with E-state index in [1.807, 2.05) is 75.5 Å². The van der Waals surface area contributed by atoms with Crippen LogP contribution >= 0.6 is 11.3 Å². The Kier molecular flexibility index (Phi) is 10.3. The lowest BCUT2D eigenvalue weighted by molar-refractivity contribution is -0.118. The maximum absolute atomic E-state index is 14.9. The van der Waals surface area contributed by atoms with Crippen molar-refractivity contribution in [3.63, 3.8) is 0 Å². The van der Waals surface area contributed by atoms with E-state index in [9.17, 15) is 22.6 Å². The van der Waals surface area contributed by atoms with E-state index in [0.717, 1.165) is 21.6 Å². The summed E-state index contributed by atoms with van der Waals surface area (Å²) in [6.45, 7) is 8.01. The fourth-order valence-corrected chi connectivity index (χ4v) is 7.55. The van der Waals surface area contributed by atoms with Gasteiger partial charge in [-0.3, -0.25) is 18.7 Å². The fraction of sp³-hybridized carbons (Fsp3) is 0.278. The minimum Gasteiger partial charge on any atom is -0.333 e. The zero-order chi connectivity index (χ0) is 33.1. The number of nitrogens with one attached hydrogen (secondary N) is 1. The number of halogens is 2. The maximum atomic E-state index is 14.9. The standard InChI is InChI=1S/C36H37F2N3O3S2/c1-22(2)35(43)39-26-16-14-25(15-17-26)34-28(19-40(5)18-24-10-7-6-8-11-24)32-33(42)31(46(44)23(3)4)21-41(36(32)45-34)20-27-29(37)12-9-13-30(27)38/h6-17,21-23H,18-20H2,1-5H3,(H,39,43). The molecule has 0 saturated heterocycles. The van der Waals surface area contributed by atoms with Crippen LogP contribution in [0, 0.1) is 17.6 Å². The van der Waals surface area contributed by atoms with Gasteiger partial charge in [0.25, 0.3) is 0 Å².